The summed E-state index contributed by atoms with van der Waals surface area (Å²) in [7, 11) is -0.806. The van der Waals surface area contributed by atoms with Crippen molar-refractivity contribution in [1.29, 1.82) is 0 Å². The van der Waals surface area contributed by atoms with Gasteiger partial charge in [-0.2, -0.15) is 0 Å². The first-order chi connectivity index (χ1) is 30.3. The van der Waals surface area contributed by atoms with Crippen molar-refractivity contribution in [2.75, 3.05) is 70.4 Å². The fraction of sp³-hybridized carbons (Fsp3) is 0.413. The van der Waals surface area contributed by atoms with Crippen LogP contribution >= 0.6 is 30.5 Å². The smallest absolute Gasteiger partial charge is 0.262 e. The van der Waals surface area contributed by atoms with Crippen molar-refractivity contribution in [2.45, 2.75) is 61.9 Å². The first-order valence-electron chi connectivity index (χ1n) is 21.3. The van der Waals surface area contributed by atoms with Crippen molar-refractivity contribution in [3.63, 3.8) is 0 Å². The second-order valence-electron chi connectivity index (χ2n) is 16.8. The number of hydrogen-bond donors (Lipinski definition) is 1. The third-order valence-electron chi connectivity index (χ3n) is 12.4. The molecule has 5 heterocycles. The van der Waals surface area contributed by atoms with Crippen molar-refractivity contribution < 1.29 is 33.3 Å². The molecule has 1 N–H and O–H groups in total. The number of imide groups is 2. The molecule has 330 valence electrons. The summed E-state index contributed by atoms with van der Waals surface area (Å²) >= 11 is 8.02. The minimum atomic E-state index is -2.49. The quantitative estimate of drug-likeness (QED) is 0.105. The number of nitrogens with zero attached hydrogens (tertiary/aromatic N) is 6. The molecule has 8 rings (SSSR count). The highest BCUT2D eigenvalue weighted by molar-refractivity contribution is 7.99. The molecule has 0 radical (unpaired) electrons. The van der Waals surface area contributed by atoms with Gasteiger partial charge in [-0.15, -0.1) is 11.8 Å². The van der Waals surface area contributed by atoms with Crippen LogP contribution in [0.1, 0.15) is 75.5 Å². The van der Waals surface area contributed by atoms with Gasteiger partial charge in [0.05, 0.1) is 29.0 Å². The highest BCUT2D eigenvalue weighted by Gasteiger charge is 2.44. The number of rotatable bonds is 13. The summed E-state index contributed by atoms with van der Waals surface area (Å²) in [6.45, 7) is 8.39. The SMILES string of the molecule is COc1cc(N2CCC(N3CCN(C(=O)CCSc4ccc5c(c4)C(=O)N(C4CCC(=O)NC4=O)C5=O)CC3)CC2)ccc1Cc1ncc(Cl)c(Cc2ccccc2P(C)(C)=O)n1. The average Bonchev–Trinajstić information content (AvgIpc) is 3.52. The number of halogens is 1. The van der Waals surface area contributed by atoms with Gasteiger partial charge in [0.15, 0.2) is 0 Å². The number of nitrogens with one attached hydrogen (secondary N) is 1. The maximum absolute atomic E-state index is 13.2. The highest BCUT2D eigenvalue weighted by Crippen LogP contribution is 2.37. The molecule has 1 unspecified atom stereocenters. The molecule has 4 aromatic rings. The zero-order valence-electron chi connectivity index (χ0n) is 35.7. The van der Waals surface area contributed by atoms with Gasteiger partial charge in [-0.25, -0.2) is 9.97 Å². The lowest BCUT2D eigenvalue weighted by atomic mass is 10.0. The van der Waals surface area contributed by atoms with E-state index in [0.29, 0.717) is 60.7 Å². The number of benzene rings is 3. The molecule has 0 saturated carbocycles. The normalized spacial score (nSPS) is 18.8. The number of amides is 5. The molecule has 5 amide bonds. The van der Waals surface area contributed by atoms with E-state index in [1.54, 1.807) is 44.8 Å². The first kappa shape index (κ1) is 44.5. The third-order valence-corrected chi connectivity index (χ3v) is 15.3. The van der Waals surface area contributed by atoms with Crippen molar-refractivity contribution in [1.82, 2.24) is 30.0 Å². The molecule has 17 heteroatoms. The Kier molecular flexibility index (Phi) is 13.4. The Balaban J connectivity index is 0.788. The number of piperazine rings is 1. The van der Waals surface area contributed by atoms with Gasteiger partial charge in [0, 0.05) is 110 Å². The van der Waals surface area contributed by atoms with Crippen LogP contribution in [0.25, 0.3) is 0 Å². The van der Waals surface area contributed by atoms with Crippen molar-refractivity contribution in [3.05, 3.63) is 106 Å². The number of ether oxygens (including phenoxy) is 1. The second kappa shape index (κ2) is 18.9. The maximum Gasteiger partial charge on any atom is 0.262 e. The number of hydrogen-bond acceptors (Lipinski definition) is 12. The molecular weight excluding hydrogens is 861 g/mol. The fourth-order valence-corrected chi connectivity index (χ4v) is 11.4. The van der Waals surface area contributed by atoms with E-state index in [0.717, 1.165) is 76.7 Å². The van der Waals surface area contributed by atoms with Crippen LogP contribution in [-0.4, -0.2) is 132 Å². The number of anilines is 1. The Hall–Kier alpha value is -5.08. The van der Waals surface area contributed by atoms with Crippen LogP contribution < -0.4 is 20.3 Å². The summed E-state index contributed by atoms with van der Waals surface area (Å²) < 4.78 is 18.8. The molecule has 0 spiro atoms. The molecule has 1 aromatic heterocycles. The minimum absolute atomic E-state index is 0.0664. The van der Waals surface area contributed by atoms with Gasteiger partial charge in [0.1, 0.15) is 24.8 Å². The number of piperidine rings is 2. The molecule has 0 bridgehead atoms. The number of methoxy groups -OCH3 is 1. The molecule has 1 atom stereocenters. The first-order valence-corrected chi connectivity index (χ1v) is 25.3. The van der Waals surface area contributed by atoms with E-state index in [1.807, 2.05) is 29.2 Å². The molecule has 63 heavy (non-hydrogen) atoms. The molecule has 4 aliphatic rings. The largest absolute Gasteiger partial charge is 0.496 e. The van der Waals surface area contributed by atoms with Gasteiger partial charge in [0.25, 0.3) is 11.8 Å². The Morgan fingerprint density at radius 1 is 0.889 bits per heavy atom. The third kappa shape index (κ3) is 9.87. The van der Waals surface area contributed by atoms with Gasteiger partial charge >= 0.3 is 0 Å². The number of thioether (sulfide) groups is 1. The van der Waals surface area contributed by atoms with Crippen LogP contribution in [0.5, 0.6) is 5.75 Å². The summed E-state index contributed by atoms with van der Waals surface area (Å²) in [4.78, 5) is 81.4. The number of carbonyl (C=O) groups is 5. The van der Waals surface area contributed by atoms with Gasteiger partial charge in [-0.3, -0.25) is 39.1 Å². The summed E-state index contributed by atoms with van der Waals surface area (Å²) in [5, 5.41) is 3.52. The molecular formula is C46H51ClN7O7PS. The molecule has 3 saturated heterocycles. The predicted molar refractivity (Wildman–Crippen MR) is 243 cm³/mol. The minimum Gasteiger partial charge on any atom is -0.496 e. The van der Waals surface area contributed by atoms with Gasteiger partial charge < -0.3 is 19.1 Å². The Bertz CT molecular complexity index is 2500. The Morgan fingerprint density at radius 2 is 1.63 bits per heavy atom. The van der Waals surface area contributed by atoms with Crippen molar-refractivity contribution >= 4 is 71.0 Å². The highest BCUT2D eigenvalue weighted by atomic mass is 35.5. The summed E-state index contributed by atoms with van der Waals surface area (Å²) in [5.74, 6) is -0.103. The van der Waals surface area contributed by atoms with Crippen molar-refractivity contribution in [2.24, 2.45) is 0 Å². The van der Waals surface area contributed by atoms with E-state index in [1.165, 1.54) is 11.8 Å². The number of aromatic nitrogens is 2. The van der Waals surface area contributed by atoms with E-state index in [9.17, 15) is 28.5 Å². The Morgan fingerprint density at radius 3 is 2.37 bits per heavy atom. The van der Waals surface area contributed by atoms with Crippen LogP contribution in [0.4, 0.5) is 5.69 Å². The van der Waals surface area contributed by atoms with E-state index in [4.69, 9.17) is 21.3 Å². The van der Waals surface area contributed by atoms with Crippen LogP contribution in [0.2, 0.25) is 5.02 Å². The average molecular weight is 912 g/mol. The van der Waals surface area contributed by atoms with E-state index in [-0.39, 0.29) is 29.9 Å². The van der Waals surface area contributed by atoms with E-state index >= 15 is 0 Å². The fourth-order valence-electron chi connectivity index (χ4n) is 9.05. The lowest BCUT2D eigenvalue weighted by Gasteiger charge is -2.43. The lowest BCUT2D eigenvalue weighted by molar-refractivity contribution is -0.136. The van der Waals surface area contributed by atoms with Crippen LogP contribution in [0.3, 0.4) is 0 Å². The summed E-state index contributed by atoms with van der Waals surface area (Å²) in [5.41, 5.74) is 4.19. The molecule has 3 fully saturated rings. The van der Waals surface area contributed by atoms with Gasteiger partial charge in [-0.05, 0) is 62.4 Å². The van der Waals surface area contributed by atoms with Crippen LogP contribution in [0.15, 0.2) is 71.8 Å². The predicted octanol–water partition coefficient (Wildman–Crippen LogP) is 5.26. The van der Waals surface area contributed by atoms with Gasteiger partial charge in [0.2, 0.25) is 17.7 Å². The van der Waals surface area contributed by atoms with E-state index < -0.39 is 36.8 Å². The molecule has 14 nitrogen and oxygen atoms in total. The zero-order chi connectivity index (χ0) is 44.4. The monoisotopic (exact) mass is 911 g/mol. The molecule has 3 aromatic carbocycles. The topological polar surface area (TPSA) is 162 Å². The summed E-state index contributed by atoms with van der Waals surface area (Å²) in [6.07, 6.45) is 5.13. The maximum atomic E-state index is 13.2. The molecule has 0 aliphatic carbocycles. The summed E-state index contributed by atoms with van der Waals surface area (Å²) in [6, 6.07) is 18.5. The van der Waals surface area contributed by atoms with E-state index in [2.05, 4.69) is 38.3 Å². The molecule has 4 aliphatic heterocycles. The van der Waals surface area contributed by atoms with Crippen LogP contribution in [-0.2, 0) is 31.8 Å². The Labute approximate surface area is 376 Å². The second-order valence-corrected chi connectivity index (χ2v) is 21.6. The standard InChI is InChI=1S/C46H51ClN7O7PS/c1-61-39-26-32(9-8-29(39)25-41-48-28-36(47)37(49-41)24-30-6-4-5-7-40(30)62(2,3)60)51-17-14-31(15-18-51)52-19-21-53(22-20-52)43(56)16-23-63-33-10-11-34-35(27-33)46(59)54(45(34)58)38-12-13-42(55)50-44(38)57/h4-11,26-28,31,38H,12-25H2,1-3H3,(H,50,55,57). The van der Waals surface area contributed by atoms with Gasteiger partial charge in [-0.1, -0.05) is 41.9 Å². The number of carbonyl (C=O) groups excluding carboxylic acids is 5. The number of fused-ring (bicyclic) bond motifs is 1. The van der Waals surface area contributed by atoms with Crippen molar-refractivity contribution in [3.8, 4) is 5.75 Å². The van der Waals surface area contributed by atoms with Crippen LogP contribution in [0, 0.1) is 0 Å². The zero-order valence-corrected chi connectivity index (χ0v) is 38.1. The lowest BCUT2D eigenvalue weighted by Crippen LogP contribution is -2.54.